The van der Waals surface area contributed by atoms with Crippen molar-refractivity contribution in [3.05, 3.63) is 35.2 Å². The largest absolute Gasteiger partial charge is 0.392 e. The number of carbonyl (C=O) groups is 1. The molecule has 1 amide bonds. The van der Waals surface area contributed by atoms with Crippen molar-refractivity contribution in [3.8, 4) is 0 Å². The van der Waals surface area contributed by atoms with Gasteiger partial charge >= 0.3 is 0 Å². The van der Waals surface area contributed by atoms with Gasteiger partial charge in [-0.25, -0.2) is 4.98 Å². The van der Waals surface area contributed by atoms with Crippen molar-refractivity contribution < 1.29 is 9.90 Å². The molecule has 0 aromatic carbocycles. The van der Waals surface area contributed by atoms with Gasteiger partial charge in [0.15, 0.2) is 0 Å². The Morgan fingerprint density at radius 1 is 1.32 bits per heavy atom. The number of likely N-dealkylation sites (tertiary alicyclic amines) is 2. The first kappa shape index (κ1) is 16.8. The number of aliphatic hydroxyl groups excluding tert-OH is 1. The molecule has 25 heavy (non-hydrogen) atoms. The number of rotatable bonds is 1. The van der Waals surface area contributed by atoms with E-state index in [1.54, 1.807) is 28.9 Å². The topological polar surface area (TPSA) is 61.1 Å². The summed E-state index contributed by atoms with van der Waals surface area (Å²) in [6, 6.07) is 3.57. The summed E-state index contributed by atoms with van der Waals surface area (Å²) in [5.74, 6) is -0.0701. The molecule has 1 spiro atoms. The Morgan fingerprint density at radius 2 is 2.16 bits per heavy atom. The fourth-order valence-electron chi connectivity index (χ4n) is 4.34. The predicted molar refractivity (Wildman–Crippen MR) is 95.9 cm³/mol. The highest BCUT2D eigenvalue weighted by Crippen LogP contribution is 2.38. The summed E-state index contributed by atoms with van der Waals surface area (Å²) in [5, 5.41) is 11.2. The van der Waals surface area contributed by atoms with E-state index in [0.29, 0.717) is 29.5 Å². The second kappa shape index (κ2) is 6.27. The smallest absolute Gasteiger partial charge is 0.274 e. The van der Waals surface area contributed by atoms with E-state index in [2.05, 4.69) is 16.9 Å². The molecule has 2 aliphatic rings. The quantitative estimate of drug-likeness (QED) is 0.841. The lowest BCUT2D eigenvalue weighted by Crippen LogP contribution is -2.59. The summed E-state index contributed by atoms with van der Waals surface area (Å²) in [7, 11) is 2.08. The Morgan fingerprint density at radius 3 is 3.00 bits per heavy atom. The molecule has 4 rings (SSSR count). The lowest BCUT2D eigenvalue weighted by Gasteiger charge is -2.50. The average Bonchev–Trinajstić information content (AvgIpc) is 3.01. The maximum atomic E-state index is 13.0. The van der Waals surface area contributed by atoms with Crippen molar-refractivity contribution >= 4 is 23.2 Å². The number of piperidine rings is 2. The van der Waals surface area contributed by atoms with E-state index >= 15 is 0 Å². The van der Waals surface area contributed by atoms with E-state index in [1.165, 1.54) is 0 Å². The van der Waals surface area contributed by atoms with Gasteiger partial charge in [-0.15, -0.1) is 0 Å². The molecule has 2 aromatic rings. The van der Waals surface area contributed by atoms with Crippen molar-refractivity contribution in [2.75, 3.05) is 33.2 Å². The number of hydrogen-bond donors (Lipinski definition) is 1. The number of aromatic nitrogens is 2. The number of hydrogen-bond acceptors (Lipinski definition) is 4. The van der Waals surface area contributed by atoms with E-state index in [1.807, 2.05) is 4.90 Å². The van der Waals surface area contributed by atoms with Crippen molar-refractivity contribution in [2.24, 2.45) is 5.41 Å². The van der Waals surface area contributed by atoms with Gasteiger partial charge in [0.25, 0.3) is 5.91 Å². The molecule has 134 valence electrons. The number of nitrogens with zero attached hydrogens (tertiary/aromatic N) is 4. The number of halogens is 1. The Balaban J connectivity index is 1.58. The maximum absolute atomic E-state index is 13.0. The molecule has 0 aliphatic carbocycles. The first-order valence-corrected chi connectivity index (χ1v) is 9.15. The van der Waals surface area contributed by atoms with Gasteiger partial charge in [0.2, 0.25) is 0 Å². The molecular weight excluding hydrogens is 340 g/mol. The first-order valence-electron chi connectivity index (χ1n) is 8.77. The standard InChI is InChI=1S/C18H23ClN4O2/c1-21-8-5-15(24)18(11-21)6-2-7-22(12-18)17(25)14-10-23-9-13(19)3-4-16(23)20-14/h3-4,9-10,15,24H,2,5-8,11-12H2,1H3/t15-,18-/m0/s1. The Hall–Kier alpha value is -1.63. The van der Waals surface area contributed by atoms with Crippen molar-refractivity contribution in [1.82, 2.24) is 19.2 Å². The van der Waals surface area contributed by atoms with Crippen LogP contribution in [-0.4, -0.2) is 69.5 Å². The maximum Gasteiger partial charge on any atom is 0.274 e. The summed E-state index contributed by atoms with van der Waals surface area (Å²) in [5.41, 5.74) is 0.915. The second-order valence-electron chi connectivity index (χ2n) is 7.47. The van der Waals surface area contributed by atoms with Crippen LogP contribution in [0, 0.1) is 5.41 Å². The van der Waals surface area contributed by atoms with Crippen LogP contribution in [0.15, 0.2) is 24.5 Å². The summed E-state index contributed by atoms with van der Waals surface area (Å²) < 4.78 is 1.78. The van der Waals surface area contributed by atoms with Crippen LogP contribution >= 0.6 is 11.6 Å². The SMILES string of the molecule is CN1CC[C@H](O)[C@@]2(CCCN(C(=O)c3cn4cc(Cl)ccc4n3)C2)C1. The Kier molecular flexibility index (Phi) is 4.22. The molecule has 2 atom stereocenters. The zero-order valence-corrected chi connectivity index (χ0v) is 15.1. The van der Waals surface area contributed by atoms with Crippen molar-refractivity contribution in [2.45, 2.75) is 25.4 Å². The van der Waals surface area contributed by atoms with Crippen LogP contribution < -0.4 is 0 Å². The molecule has 7 heteroatoms. The summed E-state index contributed by atoms with van der Waals surface area (Å²) in [4.78, 5) is 21.5. The lowest BCUT2D eigenvalue weighted by molar-refractivity contribution is -0.0731. The van der Waals surface area contributed by atoms with Gasteiger partial charge in [0, 0.05) is 44.0 Å². The van der Waals surface area contributed by atoms with Crippen molar-refractivity contribution in [3.63, 3.8) is 0 Å². The Bertz CT molecular complexity index is 807. The van der Waals surface area contributed by atoms with Gasteiger partial charge in [-0.05, 0) is 38.4 Å². The molecule has 2 saturated heterocycles. The number of carbonyl (C=O) groups excluding carboxylic acids is 1. The van der Waals surface area contributed by atoms with Crippen LogP contribution in [0.5, 0.6) is 0 Å². The Labute approximate surface area is 152 Å². The molecule has 2 aromatic heterocycles. The number of pyridine rings is 1. The third-order valence-electron chi connectivity index (χ3n) is 5.61. The number of imidazole rings is 1. The van der Waals surface area contributed by atoms with E-state index in [9.17, 15) is 9.90 Å². The van der Waals surface area contributed by atoms with Crippen molar-refractivity contribution in [1.29, 1.82) is 0 Å². The minimum absolute atomic E-state index is 0.0701. The van der Waals surface area contributed by atoms with Gasteiger partial charge in [-0.3, -0.25) is 4.79 Å². The molecule has 0 unspecified atom stereocenters. The minimum Gasteiger partial charge on any atom is -0.392 e. The molecular formula is C18H23ClN4O2. The third kappa shape index (κ3) is 3.03. The fourth-order valence-corrected chi connectivity index (χ4v) is 4.50. The van der Waals surface area contributed by atoms with E-state index < -0.39 is 0 Å². The molecule has 6 nitrogen and oxygen atoms in total. The molecule has 2 aliphatic heterocycles. The first-order chi connectivity index (χ1) is 12.0. The third-order valence-corrected chi connectivity index (χ3v) is 5.83. The number of aliphatic hydroxyl groups is 1. The van der Waals surface area contributed by atoms with Crippen LogP contribution in [0.1, 0.15) is 29.8 Å². The zero-order chi connectivity index (χ0) is 17.6. The van der Waals surface area contributed by atoms with E-state index in [0.717, 1.165) is 32.4 Å². The fraction of sp³-hybridized carbons (Fsp3) is 0.556. The van der Waals surface area contributed by atoms with Crippen LogP contribution in [0.25, 0.3) is 5.65 Å². The summed E-state index contributed by atoms with van der Waals surface area (Å²) in [6.45, 7) is 3.04. The summed E-state index contributed by atoms with van der Waals surface area (Å²) in [6.07, 6.45) is 5.77. The average molecular weight is 363 g/mol. The normalized spacial score (nSPS) is 28.0. The zero-order valence-electron chi connectivity index (χ0n) is 14.4. The minimum atomic E-state index is -0.348. The predicted octanol–water partition coefficient (Wildman–Crippen LogP) is 1.91. The number of amides is 1. The molecule has 0 saturated carbocycles. The van der Waals surface area contributed by atoms with Gasteiger partial charge in [-0.2, -0.15) is 0 Å². The van der Waals surface area contributed by atoms with Crippen LogP contribution in [0.4, 0.5) is 0 Å². The van der Waals surface area contributed by atoms with Crippen LogP contribution in [0.2, 0.25) is 5.02 Å². The highest BCUT2D eigenvalue weighted by molar-refractivity contribution is 6.30. The summed E-state index contributed by atoms with van der Waals surface area (Å²) >= 11 is 6.01. The van der Waals surface area contributed by atoms with Gasteiger partial charge in [0.05, 0.1) is 11.1 Å². The lowest BCUT2D eigenvalue weighted by atomic mass is 9.71. The highest BCUT2D eigenvalue weighted by Gasteiger charge is 2.45. The molecule has 1 N–H and O–H groups in total. The monoisotopic (exact) mass is 362 g/mol. The number of fused-ring (bicyclic) bond motifs is 1. The van der Waals surface area contributed by atoms with Gasteiger partial charge in [-0.1, -0.05) is 11.6 Å². The van der Waals surface area contributed by atoms with Crippen LogP contribution in [0.3, 0.4) is 0 Å². The molecule has 0 radical (unpaired) electrons. The van der Waals surface area contributed by atoms with Gasteiger partial charge in [0.1, 0.15) is 11.3 Å². The second-order valence-corrected chi connectivity index (χ2v) is 7.91. The van der Waals surface area contributed by atoms with Crippen LogP contribution in [-0.2, 0) is 0 Å². The molecule has 0 bridgehead atoms. The van der Waals surface area contributed by atoms with E-state index in [4.69, 9.17) is 11.6 Å². The highest BCUT2D eigenvalue weighted by atomic mass is 35.5. The molecule has 4 heterocycles. The van der Waals surface area contributed by atoms with Gasteiger partial charge < -0.3 is 19.3 Å². The van der Waals surface area contributed by atoms with E-state index in [-0.39, 0.29) is 17.4 Å². The molecule has 2 fully saturated rings.